The van der Waals surface area contributed by atoms with E-state index in [4.69, 9.17) is 21.1 Å². The van der Waals surface area contributed by atoms with Crippen LogP contribution in [0.2, 0.25) is 5.02 Å². The van der Waals surface area contributed by atoms with Gasteiger partial charge in [-0.3, -0.25) is 9.89 Å². The van der Waals surface area contributed by atoms with Crippen LogP contribution < -0.4 is 9.47 Å². The molecule has 2 heterocycles. The zero-order chi connectivity index (χ0) is 24.5. The number of H-pyrrole nitrogens is 1. The third kappa shape index (κ3) is 4.15. The average molecular weight is 488 g/mol. The summed E-state index contributed by atoms with van der Waals surface area (Å²) in [6, 6.07) is 21.2. The monoisotopic (exact) mass is 487 g/mol. The van der Waals surface area contributed by atoms with E-state index in [1.165, 1.54) is 0 Å². The molecule has 4 aromatic rings. The lowest BCUT2D eigenvalue weighted by atomic mass is 9.95. The molecule has 1 amide bonds. The number of benzene rings is 3. The molecule has 1 aliphatic rings. The Morgan fingerprint density at radius 2 is 1.83 bits per heavy atom. The van der Waals surface area contributed by atoms with Crippen LogP contribution in [0.5, 0.6) is 11.5 Å². The Morgan fingerprint density at radius 3 is 2.54 bits per heavy atom. The molecular weight excluding hydrogens is 462 g/mol. The number of amides is 1. The van der Waals surface area contributed by atoms with Crippen LogP contribution in [0.1, 0.15) is 45.7 Å². The number of aromatic nitrogens is 2. The molecule has 0 spiro atoms. The fourth-order valence-corrected chi connectivity index (χ4v) is 4.77. The molecule has 0 fully saturated rings. The first-order valence-corrected chi connectivity index (χ1v) is 11.9. The molecule has 1 N–H and O–H groups in total. The van der Waals surface area contributed by atoms with Crippen molar-refractivity contribution in [1.29, 1.82) is 0 Å². The van der Waals surface area contributed by atoms with Crippen molar-refractivity contribution < 1.29 is 14.3 Å². The molecular formula is C28H26ClN3O3. The smallest absolute Gasteiger partial charge is 0.273 e. The molecule has 35 heavy (non-hydrogen) atoms. The van der Waals surface area contributed by atoms with Crippen LogP contribution in [0, 0.1) is 6.92 Å². The molecule has 3 aromatic carbocycles. The Balaban J connectivity index is 1.66. The van der Waals surface area contributed by atoms with E-state index < -0.39 is 0 Å². The summed E-state index contributed by atoms with van der Waals surface area (Å²) in [5.74, 6) is 1.15. The van der Waals surface area contributed by atoms with E-state index >= 15 is 0 Å². The van der Waals surface area contributed by atoms with E-state index in [1.54, 1.807) is 7.11 Å². The minimum absolute atomic E-state index is 0.122. The Hall–Kier alpha value is -3.77. The van der Waals surface area contributed by atoms with Gasteiger partial charge in [0.15, 0.2) is 11.5 Å². The highest BCUT2D eigenvalue weighted by atomic mass is 35.5. The van der Waals surface area contributed by atoms with Gasteiger partial charge in [0.2, 0.25) is 0 Å². The van der Waals surface area contributed by atoms with E-state index in [2.05, 4.69) is 10.2 Å². The van der Waals surface area contributed by atoms with Crippen molar-refractivity contribution >= 4 is 17.5 Å². The fraction of sp³-hybridized carbons (Fsp3) is 0.214. The highest BCUT2D eigenvalue weighted by Gasteiger charge is 2.42. The predicted molar refractivity (Wildman–Crippen MR) is 136 cm³/mol. The van der Waals surface area contributed by atoms with Gasteiger partial charge >= 0.3 is 0 Å². The number of fused-ring (bicyclic) bond motifs is 1. The molecule has 178 valence electrons. The maximum Gasteiger partial charge on any atom is 0.273 e. The first kappa shape index (κ1) is 23.0. The minimum Gasteiger partial charge on any atom is -0.493 e. The second kappa shape index (κ2) is 9.47. The van der Waals surface area contributed by atoms with Gasteiger partial charge in [-0.2, -0.15) is 5.10 Å². The van der Waals surface area contributed by atoms with E-state index in [1.807, 2.05) is 85.5 Å². The summed E-state index contributed by atoms with van der Waals surface area (Å²) in [7, 11) is 1.62. The summed E-state index contributed by atoms with van der Waals surface area (Å²) in [5, 5.41) is 8.19. The minimum atomic E-state index is -0.381. The number of nitrogens with zero attached hydrogens (tertiary/aromatic N) is 2. The summed E-state index contributed by atoms with van der Waals surface area (Å²) >= 11 is 6.48. The van der Waals surface area contributed by atoms with Crippen LogP contribution in [-0.4, -0.2) is 34.7 Å². The average Bonchev–Trinajstić information content (AvgIpc) is 3.41. The first-order chi connectivity index (χ1) is 17.0. The summed E-state index contributed by atoms with van der Waals surface area (Å²) in [6.07, 6.45) is 0. The molecule has 5 rings (SSSR count). The van der Waals surface area contributed by atoms with Gasteiger partial charge in [-0.1, -0.05) is 65.7 Å². The van der Waals surface area contributed by atoms with Crippen molar-refractivity contribution in [2.45, 2.75) is 26.4 Å². The Kier molecular flexibility index (Phi) is 6.22. The van der Waals surface area contributed by atoms with E-state index in [9.17, 15) is 4.79 Å². The van der Waals surface area contributed by atoms with Gasteiger partial charge in [0.25, 0.3) is 5.91 Å². The quantitative estimate of drug-likeness (QED) is 0.337. The van der Waals surface area contributed by atoms with Crippen molar-refractivity contribution in [2.24, 2.45) is 0 Å². The van der Waals surface area contributed by atoms with E-state index in [-0.39, 0.29) is 11.9 Å². The third-order valence-corrected chi connectivity index (χ3v) is 6.66. The molecule has 0 radical (unpaired) electrons. The highest BCUT2D eigenvalue weighted by Crippen LogP contribution is 2.45. The number of nitrogens with one attached hydrogen (secondary N) is 1. The van der Waals surface area contributed by atoms with Crippen LogP contribution in [0.15, 0.2) is 66.7 Å². The number of aryl methyl sites for hydroxylation is 1. The highest BCUT2D eigenvalue weighted by molar-refractivity contribution is 6.31. The summed E-state index contributed by atoms with van der Waals surface area (Å²) in [6.45, 7) is 4.86. The van der Waals surface area contributed by atoms with Crippen LogP contribution in [0.4, 0.5) is 0 Å². The van der Waals surface area contributed by atoms with Gasteiger partial charge in [-0.15, -0.1) is 0 Å². The number of carbonyl (C=O) groups excluding carboxylic acids is 1. The molecule has 1 aromatic heterocycles. The van der Waals surface area contributed by atoms with Crippen molar-refractivity contribution in [2.75, 3.05) is 13.7 Å². The summed E-state index contributed by atoms with van der Waals surface area (Å²) in [5.41, 5.74) is 5.98. The van der Waals surface area contributed by atoms with Gasteiger partial charge < -0.3 is 14.4 Å². The molecule has 0 saturated heterocycles. The maximum atomic E-state index is 13.7. The molecule has 6 nitrogen and oxygen atoms in total. The van der Waals surface area contributed by atoms with Crippen molar-refractivity contribution in [1.82, 2.24) is 15.1 Å². The zero-order valence-corrected chi connectivity index (χ0v) is 20.6. The predicted octanol–water partition coefficient (Wildman–Crippen LogP) is 6.19. The number of carbonyl (C=O) groups is 1. The molecule has 1 unspecified atom stereocenters. The second-order valence-corrected chi connectivity index (χ2v) is 8.90. The number of rotatable bonds is 7. The van der Waals surface area contributed by atoms with E-state index in [0.717, 1.165) is 33.5 Å². The Morgan fingerprint density at radius 1 is 1.06 bits per heavy atom. The largest absolute Gasteiger partial charge is 0.493 e. The summed E-state index contributed by atoms with van der Waals surface area (Å²) < 4.78 is 11.3. The number of halogens is 1. The van der Waals surface area contributed by atoms with Gasteiger partial charge in [0.1, 0.15) is 5.69 Å². The van der Waals surface area contributed by atoms with Crippen molar-refractivity contribution in [3.63, 3.8) is 0 Å². The molecule has 0 aliphatic carbocycles. The second-order valence-electron chi connectivity index (χ2n) is 8.50. The van der Waals surface area contributed by atoms with Gasteiger partial charge in [-0.25, -0.2) is 0 Å². The van der Waals surface area contributed by atoms with Crippen LogP contribution in [-0.2, 0) is 6.54 Å². The Labute approximate surface area is 209 Å². The lowest BCUT2D eigenvalue weighted by Gasteiger charge is -2.27. The maximum absolute atomic E-state index is 13.7. The zero-order valence-electron chi connectivity index (χ0n) is 19.8. The van der Waals surface area contributed by atoms with E-state index in [0.29, 0.717) is 35.4 Å². The number of methoxy groups -OCH3 is 1. The first-order valence-electron chi connectivity index (χ1n) is 11.5. The molecule has 1 atom stereocenters. The molecule has 0 bridgehead atoms. The molecule has 1 aliphatic heterocycles. The fourth-order valence-electron chi connectivity index (χ4n) is 4.58. The number of aromatic amines is 1. The SMILES string of the molecule is CCOc1ccc(C2c3c(-c4ccc(C)cc4)n[nH]c3C(=O)N2Cc2ccccc2Cl)cc1OC. The van der Waals surface area contributed by atoms with Gasteiger partial charge in [0, 0.05) is 22.7 Å². The van der Waals surface area contributed by atoms with Crippen LogP contribution >= 0.6 is 11.6 Å². The normalized spacial score (nSPS) is 14.8. The summed E-state index contributed by atoms with van der Waals surface area (Å²) in [4.78, 5) is 15.5. The van der Waals surface area contributed by atoms with Crippen LogP contribution in [0.3, 0.4) is 0 Å². The lowest BCUT2D eigenvalue weighted by Crippen LogP contribution is -2.29. The Bertz CT molecular complexity index is 1380. The van der Waals surface area contributed by atoms with Crippen molar-refractivity contribution in [3.05, 3.63) is 99.7 Å². The number of hydrogen-bond acceptors (Lipinski definition) is 4. The van der Waals surface area contributed by atoms with Gasteiger partial charge in [-0.05, 0) is 43.2 Å². The standard InChI is InChI=1S/C28H26ClN3O3/c1-4-35-22-14-13-19(15-23(22)34-3)27-24-25(18-11-9-17(2)10-12-18)30-31-26(24)28(33)32(27)16-20-7-5-6-8-21(20)29/h5-15,27H,4,16H2,1-3H3,(H,30,31). The number of hydrogen-bond donors (Lipinski definition) is 1. The molecule has 7 heteroatoms. The topological polar surface area (TPSA) is 67.5 Å². The van der Waals surface area contributed by atoms with Gasteiger partial charge in [0.05, 0.1) is 25.5 Å². The molecule has 0 saturated carbocycles. The van der Waals surface area contributed by atoms with Crippen LogP contribution in [0.25, 0.3) is 11.3 Å². The lowest BCUT2D eigenvalue weighted by molar-refractivity contribution is 0.0730. The third-order valence-electron chi connectivity index (χ3n) is 6.29. The number of ether oxygens (including phenoxy) is 2. The van der Waals surface area contributed by atoms with Crippen molar-refractivity contribution in [3.8, 4) is 22.8 Å².